The van der Waals surface area contributed by atoms with Crippen LogP contribution in [0.5, 0.6) is 0 Å². The van der Waals surface area contributed by atoms with E-state index >= 15 is 0 Å². The minimum absolute atomic E-state index is 0.345. The molecule has 0 saturated carbocycles. The van der Waals surface area contributed by atoms with E-state index in [1.807, 2.05) is 97.9 Å². The first-order valence-electron chi connectivity index (χ1n) is 12.0. The molecular formula is C29H34O5. The van der Waals surface area contributed by atoms with Gasteiger partial charge >= 0.3 is 0 Å². The quantitative estimate of drug-likeness (QED) is 0.439. The van der Waals surface area contributed by atoms with Crippen LogP contribution in [0.15, 0.2) is 91.0 Å². The molecule has 0 aromatic heterocycles. The van der Waals surface area contributed by atoms with Crippen molar-refractivity contribution in [1.82, 2.24) is 0 Å². The van der Waals surface area contributed by atoms with Gasteiger partial charge in [0, 0.05) is 0 Å². The lowest BCUT2D eigenvalue weighted by Gasteiger charge is -2.44. The smallest absolute Gasteiger partial charge is 0.115 e. The van der Waals surface area contributed by atoms with Crippen molar-refractivity contribution in [3.05, 3.63) is 108 Å². The van der Waals surface area contributed by atoms with E-state index in [1.54, 1.807) is 0 Å². The van der Waals surface area contributed by atoms with Crippen LogP contribution >= 0.6 is 0 Å². The third-order valence-corrected chi connectivity index (χ3v) is 6.12. The summed E-state index contributed by atoms with van der Waals surface area (Å²) in [6, 6.07) is 30.0. The summed E-state index contributed by atoms with van der Waals surface area (Å²) in [6.07, 6.45) is -1.83. The number of aliphatic hydroxyl groups excluding tert-OH is 1. The number of hydrogen-bond acceptors (Lipinski definition) is 5. The number of ether oxygens (including phenoxy) is 4. The van der Waals surface area contributed by atoms with Gasteiger partial charge < -0.3 is 24.1 Å². The summed E-state index contributed by atoms with van der Waals surface area (Å²) in [5, 5.41) is 11.1. The fraction of sp³-hybridized carbons (Fsp3) is 0.379. The molecule has 5 heteroatoms. The Hall–Kier alpha value is -2.54. The van der Waals surface area contributed by atoms with Crippen LogP contribution in [0.25, 0.3) is 0 Å². The van der Waals surface area contributed by atoms with E-state index in [4.69, 9.17) is 18.9 Å². The van der Waals surface area contributed by atoms with E-state index in [0.29, 0.717) is 32.8 Å². The van der Waals surface area contributed by atoms with E-state index in [-0.39, 0.29) is 12.2 Å². The molecule has 0 aliphatic carbocycles. The second kappa shape index (κ2) is 12.8. The van der Waals surface area contributed by atoms with Crippen molar-refractivity contribution in [2.75, 3.05) is 6.61 Å². The summed E-state index contributed by atoms with van der Waals surface area (Å²) in [5.74, 6) is 0. The first kappa shape index (κ1) is 24.6. The molecule has 34 heavy (non-hydrogen) atoms. The number of aliphatic hydroxyl groups is 1. The molecule has 0 radical (unpaired) electrons. The van der Waals surface area contributed by atoms with Gasteiger partial charge in [-0.25, -0.2) is 0 Å². The molecule has 1 saturated heterocycles. The van der Waals surface area contributed by atoms with Gasteiger partial charge in [0.25, 0.3) is 0 Å². The summed E-state index contributed by atoms with van der Waals surface area (Å²) in [5.41, 5.74) is 3.21. The summed E-state index contributed by atoms with van der Waals surface area (Å²) in [4.78, 5) is 0. The van der Waals surface area contributed by atoms with Gasteiger partial charge in [0.15, 0.2) is 0 Å². The zero-order valence-electron chi connectivity index (χ0n) is 19.7. The van der Waals surface area contributed by atoms with Crippen LogP contribution in [0.2, 0.25) is 0 Å². The normalized spacial score (nSPS) is 24.7. The lowest BCUT2D eigenvalue weighted by atomic mass is 9.93. The highest BCUT2D eigenvalue weighted by atomic mass is 16.6. The summed E-state index contributed by atoms with van der Waals surface area (Å²) in [7, 11) is 0. The molecule has 1 N–H and O–H groups in total. The Balaban J connectivity index is 1.48. The zero-order chi connectivity index (χ0) is 23.6. The molecule has 3 aromatic carbocycles. The van der Waals surface area contributed by atoms with Crippen molar-refractivity contribution in [3.8, 4) is 0 Å². The topological polar surface area (TPSA) is 57.2 Å². The molecule has 0 spiro atoms. The molecule has 1 heterocycles. The average Bonchev–Trinajstić information content (AvgIpc) is 2.89. The molecule has 180 valence electrons. The van der Waals surface area contributed by atoms with Crippen LogP contribution in [0.1, 0.15) is 30.0 Å². The highest BCUT2D eigenvalue weighted by molar-refractivity contribution is 5.15. The second-order valence-corrected chi connectivity index (χ2v) is 8.63. The molecule has 0 amide bonds. The van der Waals surface area contributed by atoms with E-state index in [9.17, 15) is 5.11 Å². The largest absolute Gasteiger partial charge is 0.388 e. The Labute approximate surface area is 202 Å². The third kappa shape index (κ3) is 6.75. The lowest BCUT2D eigenvalue weighted by molar-refractivity contribution is -0.261. The van der Waals surface area contributed by atoms with E-state index in [1.165, 1.54) is 0 Å². The maximum Gasteiger partial charge on any atom is 0.115 e. The molecule has 1 aliphatic rings. The summed E-state index contributed by atoms with van der Waals surface area (Å²) < 4.78 is 25.0. The highest BCUT2D eigenvalue weighted by Crippen LogP contribution is 2.29. The first-order chi connectivity index (χ1) is 16.7. The third-order valence-electron chi connectivity index (χ3n) is 6.12. The van der Waals surface area contributed by atoms with E-state index < -0.39 is 18.3 Å². The zero-order valence-corrected chi connectivity index (χ0v) is 19.7. The van der Waals surface area contributed by atoms with Gasteiger partial charge in [-0.15, -0.1) is 0 Å². The number of benzene rings is 3. The van der Waals surface area contributed by atoms with Crippen molar-refractivity contribution in [2.24, 2.45) is 0 Å². The summed E-state index contributed by atoms with van der Waals surface area (Å²) >= 11 is 0. The maximum atomic E-state index is 11.1. The SMILES string of the molecule is CC[C@H]1O[C@H](COCc2ccccc2)[C@@H](OCc2ccccc2)[C@H](OCc2ccccc2)[C@H]1O. The van der Waals surface area contributed by atoms with Crippen molar-refractivity contribution in [1.29, 1.82) is 0 Å². The minimum atomic E-state index is -0.792. The first-order valence-corrected chi connectivity index (χ1v) is 12.0. The van der Waals surface area contributed by atoms with Crippen LogP contribution in [-0.4, -0.2) is 42.2 Å². The Bertz CT molecular complexity index is 950. The van der Waals surface area contributed by atoms with Gasteiger partial charge in [-0.2, -0.15) is 0 Å². The van der Waals surface area contributed by atoms with Crippen LogP contribution < -0.4 is 0 Å². The lowest BCUT2D eigenvalue weighted by Crippen LogP contribution is -2.60. The Kier molecular flexibility index (Phi) is 9.25. The minimum Gasteiger partial charge on any atom is -0.388 e. The predicted molar refractivity (Wildman–Crippen MR) is 131 cm³/mol. The van der Waals surface area contributed by atoms with E-state index in [2.05, 4.69) is 0 Å². The molecule has 0 unspecified atom stereocenters. The molecule has 1 aliphatic heterocycles. The van der Waals surface area contributed by atoms with Gasteiger partial charge in [0.05, 0.1) is 32.5 Å². The monoisotopic (exact) mass is 462 g/mol. The van der Waals surface area contributed by atoms with Crippen LogP contribution in [0, 0.1) is 0 Å². The van der Waals surface area contributed by atoms with Crippen LogP contribution in [0.3, 0.4) is 0 Å². The molecule has 0 bridgehead atoms. The Morgan fingerprint density at radius 2 is 1.12 bits per heavy atom. The predicted octanol–water partition coefficient (Wildman–Crippen LogP) is 4.91. The van der Waals surface area contributed by atoms with Crippen LogP contribution in [0.4, 0.5) is 0 Å². The molecule has 1 fully saturated rings. The van der Waals surface area contributed by atoms with Gasteiger partial charge in [0.1, 0.15) is 24.4 Å². The molecule has 4 rings (SSSR count). The van der Waals surface area contributed by atoms with Crippen LogP contribution in [-0.2, 0) is 38.8 Å². The maximum absolute atomic E-state index is 11.1. The second-order valence-electron chi connectivity index (χ2n) is 8.63. The van der Waals surface area contributed by atoms with Gasteiger partial charge in [-0.05, 0) is 23.1 Å². The Morgan fingerprint density at radius 1 is 0.647 bits per heavy atom. The summed E-state index contributed by atoms with van der Waals surface area (Å²) in [6.45, 7) is 3.64. The van der Waals surface area contributed by atoms with Gasteiger partial charge in [0.2, 0.25) is 0 Å². The molecule has 5 atom stereocenters. The van der Waals surface area contributed by atoms with Crippen molar-refractivity contribution >= 4 is 0 Å². The fourth-order valence-electron chi connectivity index (χ4n) is 4.27. The van der Waals surface area contributed by atoms with Crippen molar-refractivity contribution in [2.45, 2.75) is 63.7 Å². The number of rotatable bonds is 11. The van der Waals surface area contributed by atoms with Crippen molar-refractivity contribution in [3.63, 3.8) is 0 Å². The van der Waals surface area contributed by atoms with Crippen molar-refractivity contribution < 1.29 is 24.1 Å². The van der Waals surface area contributed by atoms with Gasteiger partial charge in [-0.1, -0.05) is 97.9 Å². The Morgan fingerprint density at radius 3 is 1.62 bits per heavy atom. The average molecular weight is 463 g/mol. The standard InChI is InChI=1S/C29H34O5/c1-2-25-27(30)29(33-20-24-16-10-5-11-17-24)28(32-19-23-14-8-4-9-15-23)26(34-25)21-31-18-22-12-6-3-7-13-22/h3-17,25-30H,2,18-21H2,1H3/t25-,26-,27+,28-,29-/m1/s1. The molecule has 3 aromatic rings. The van der Waals surface area contributed by atoms with E-state index in [0.717, 1.165) is 16.7 Å². The fourth-order valence-corrected chi connectivity index (χ4v) is 4.27. The molecular weight excluding hydrogens is 428 g/mol. The van der Waals surface area contributed by atoms with Gasteiger partial charge in [-0.3, -0.25) is 0 Å². The molecule has 5 nitrogen and oxygen atoms in total. The number of hydrogen-bond donors (Lipinski definition) is 1. The highest BCUT2D eigenvalue weighted by Gasteiger charge is 2.46.